The smallest absolute Gasteiger partial charge is 0.225 e. The number of rotatable bonds is 5. The molecule has 1 unspecified atom stereocenters. The first-order valence-electron chi connectivity index (χ1n) is 8.24. The molecule has 0 bridgehead atoms. The van der Waals surface area contributed by atoms with E-state index in [1.807, 2.05) is 56.3 Å². The summed E-state index contributed by atoms with van der Waals surface area (Å²) in [5, 5.41) is 11.0. The summed E-state index contributed by atoms with van der Waals surface area (Å²) >= 11 is 0. The van der Waals surface area contributed by atoms with Crippen molar-refractivity contribution in [2.45, 2.75) is 33.1 Å². The van der Waals surface area contributed by atoms with Crippen LogP contribution in [0.15, 0.2) is 52.9 Å². The molecule has 25 heavy (non-hydrogen) atoms. The fraction of sp³-hybridized carbons (Fsp3) is 0.250. The first-order valence-corrected chi connectivity index (χ1v) is 8.24. The molecule has 3 rings (SSSR count). The highest BCUT2D eigenvalue weighted by atomic mass is 16.4. The molecule has 0 radical (unpaired) electrons. The zero-order valence-corrected chi connectivity index (χ0v) is 14.6. The molecule has 1 N–H and O–H groups in total. The summed E-state index contributed by atoms with van der Waals surface area (Å²) in [5.74, 6) is 0.591. The molecular weight excluding hydrogens is 314 g/mol. The van der Waals surface area contributed by atoms with Crippen molar-refractivity contribution >= 4 is 11.6 Å². The molecule has 0 aliphatic carbocycles. The maximum atomic E-state index is 12.6. The fourth-order valence-electron chi connectivity index (χ4n) is 2.93. The molecule has 3 aromatic rings. The molecule has 2 aromatic carbocycles. The summed E-state index contributed by atoms with van der Waals surface area (Å²) in [4.78, 5) is 12.6. The lowest BCUT2D eigenvalue weighted by molar-refractivity contribution is -0.116. The molecule has 0 spiro atoms. The topological polar surface area (TPSA) is 68.0 Å². The van der Waals surface area contributed by atoms with Crippen molar-refractivity contribution in [1.29, 1.82) is 0 Å². The van der Waals surface area contributed by atoms with Gasteiger partial charge in [-0.1, -0.05) is 36.4 Å². The molecule has 1 heterocycles. The van der Waals surface area contributed by atoms with Gasteiger partial charge in [0.1, 0.15) is 0 Å². The summed E-state index contributed by atoms with van der Waals surface area (Å²) in [6.45, 7) is 5.77. The van der Waals surface area contributed by atoms with Crippen LogP contribution in [-0.4, -0.2) is 16.1 Å². The van der Waals surface area contributed by atoms with Crippen LogP contribution in [-0.2, 0) is 4.79 Å². The number of aromatic nitrogens is 2. The molecule has 0 aliphatic rings. The summed E-state index contributed by atoms with van der Waals surface area (Å²) in [6, 6.07) is 15.7. The average Bonchev–Trinajstić information content (AvgIpc) is 2.98. The minimum absolute atomic E-state index is 0.0882. The summed E-state index contributed by atoms with van der Waals surface area (Å²) in [5.41, 5.74) is 4.00. The predicted molar refractivity (Wildman–Crippen MR) is 96.5 cm³/mol. The van der Waals surface area contributed by atoms with E-state index in [1.54, 1.807) is 6.92 Å². The highest BCUT2D eigenvalue weighted by Crippen LogP contribution is 2.27. The second-order valence-corrected chi connectivity index (χ2v) is 6.25. The third kappa shape index (κ3) is 4.32. The van der Waals surface area contributed by atoms with Crippen molar-refractivity contribution in [2.75, 3.05) is 5.32 Å². The molecular formula is C20H21N3O2. The minimum atomic E-state index is -0.270. The van der Waals surface area contributed by atoms with E-state index < -0.39 is 0 Å². The van der Waals surface area contributed by atoms with Crippen LogP contribution in [0.3, 0.4) is 0 Å². The van der Waals surface area contributed by atoms with E-state index in [0.717, 1.165) is 22.4 Å². The minimum Gasteiger partial charge on any atom is -0.425 e. The largest absolute Gasteiger partial charge is 0.425 e. The third-order valence-electron chi connectivity index (χ3n) is 3.94. The quantitative estimate of drug-likeness (QED) is 0.760. The van der Waals surface area contributed by atoms with Gasteiger partial charge in [0.25, 0.3) is 0 Å². The van der Waals surface area contributed by atoms with E-state index in [9.17, 15) is 4.79 Å². The Balaban J connectivity index is 1.81. The second kappa shape index (κ2) is 7.30. The van der Waals surface area contributed by atoms with Crippen molar-refractivity contribution in [3.8, 4) is 0 Å². The van der Waals surface area contributed by atoms with Crippen LogP contribution in [0, 0.1) is 20.8 Å². The van der Waals surface area contributed by atoms with E-state index in [1.165, 1.54) is 0 Å². The number of anilines is 1. The Morgan fingerprint density at radius 3 is 2.32 bits per heavy atom. The Bertz CT molecular complexity index is 851. The van der Waals surface area contributed by atoms with E-state index in [0.29, 0.717) is 11.8 Å². The average molecular weight is 335 g/mol. The zero-order chi connectivity index (χ0) is 17.8. The molecule has 1 amide bonds. The summed E-state index contributed by atoms with van der Waals surface area (Å²) in [7, 11) is 0. The molecule has 128 valence electrons. The lowest BCUT2D eigenvalue weighted by Crippen LogP contribution is -2.17. The Hall–Kier alpha value is -2.95. The zero-order valence-electron chi connectivity index (χ0n) is 14.6. The van der Waals surface area contributed by atoms with Crippen LogP contribution in [0.25, 0.3) is 0 Å². The Morgan fingerprint density at radius 1 is 1.04 bits per heavy atom. The van der Waals surface area contributed by atoms with E-state index in [2.05, 4.69) is 21.6 Å². The number of benzene rings is 2. The van der Waals surface area contributed by atoms with Crippen molar-refractivity contribution in [1.82, 2.24) is 10.2 Å². The maximum absolute atomic E-state index is 12.6. The van der Waals surface area contributed by atoms with Crippen LogP contribution < -0.4 is 5.32 Å². The molecule has 5 nitrogen and oxygen atoms in total. The summed E-state index contributed by atoms with van der Waals surface area (Å²) < 4.78 is 5.59. The number of amides is 1. The van der Waals surface area contributed by atoms with Crippen LogP contribution >= 0.6 is 0 Å². The Kier molecular flexibility index (Phi) is 4.93. The molecule has 0 saturated carbocycles. The maximum Gasteiger partial charge on any atom is 0.225 e. The first kappa shape index (κ1) is 16.9. The normalized spacial score (nSPS) is 12.0. The standard InChI is InChI=1S/C20H21N3O2/c1-13-9-14(2)11-17(10-13)21-19(24)12-18(16-7-5-4-6-8-16)20-23-22-15(3)25-20/h4-11,18H,12H2,1-3H3,(H,21,24). The molecule has 5 heteroatoms. The van der Waals surface area contributed by atoms with Gasteiger partial charge in [-0.3, -0.25) is 4.79 Å². The number of hydrogen-bond donors (Lipinski definition) is 1. The highest BCUT2D eigenvalue weighted by Gasteiger charge is 2.23. The van der Waals surface area contributed by atoms with Gasteiger partial charge in [0, 0.05) is 19.0 Å². The fourth-order valence-corrected chi connectivity index (χ4v) is 2.93. The highest BCUT2D eigenvalue weighted by molar-refractivity contribution is 5.91. The number of nitrogens with zero attached hydrogens (tertiary/aromatic N) is 2. The van der Waals surface area contributed by atoms with Gasteiger partial charge in [0.2, 0.25) is 17.7 Å². The lowest BCUT2D eigenvalue weighted by atomic mass is 9.95. The summed E-state index contributed by atoms with van der Waals surface area (Å²) in [6.07, 6.45) is 0.235. The number of nitrogens with one attached hydrogen (secondary N) is 1. The van der Waals surface area contributed by atoms with Gasteiger partial charge in [-0.05, 0) is 42.7 Å². The first-order chi connectivity index (χ1) is 12.0. The molecule has 0 saturated heterocycles. The molecule has 0 aliphatic heterocycles. The van der Waals surface area contributed by atoms with Gasteiger partial charge in [0.05, 0.1) is 5.92 Å². The second-order valence-electron chi connectivity index (χ2n) is 6.25. The van der Waals surface area contributed by atoms with Crippen molar-refractivity contribution in [2.24, 2.45) is 0 Å². The predicted octanol–water partition coefficient (Wildman–Crippen LogP) is 4.16. The number of aryl methyl sites for hydroxylation is 3. The van der Waals surface area contributed by atoms with Crippen molar-refractivity contribution in [3.63, 3.8) is 0 Å². The van der Waals surface area contributed by atoms with Crippen LogP contribution in [0.1, 0.15) is 40.8 Å². The van der Waals surface area contributed by atoms with Gasteiger partial charge in [-0.25, -0.2) is 0 Å². The van der Waals surface area contributed by atoms with Crippen LogP contribution in [0.4, 0.5) is 5.69 Å². The van der Waals surface area contributed by atoms with Crippen molar-refractivity contribution in [3.05, 3.63) is 77.0 Å². The third-order valence-corrected chi connectivity index (χ3v) is 3.94. The van der Waals surface area contributed by atoms with E-state index >= 15 is 0 Å². The monoisotopic (exact) mass is 335 g/mol. The SMILES string of the molecule is Cc1cc(C)cc(NC(=O)CC(c2ccccc2)c2nnc(C)o2)c1. The van der Waals surface area contributed by atoms with Gasteiger partial charge in [-0.2, -0.15) is 0 Å². The Morgan fingerprint density at radius 2 is 1.72 bits per heavy atom. The lowest BCUT2D eigenvalue weighted by Gasteiger charge is -2.14. The molecule has 0 fully saturated rings. The van der Waals surface area contributed by atoms with Gasteiger partial charge >= 0.3 is 0 Å². The van der Waals surface area contributed by atoms with Gasteiger partial charge < -0.3 is 9.73 Å². The van der Waals surface area contributed by atoms with Crippen LogP contribution in [0.2, 0.25) is 0 Å². The van der Waals surface area contributed by atoms with E-state index in [-0.39, 0.29) is 18.2 Å². The molecule has 1 atom stereocenters. The number of carbonyl (C=O) groups is 1. The Labute approximate surface area is 147 Å². The number of hydrogen-bond acceptors (Lipinski definition) is 4. The van der Waals surface area contributed by atoms with Crippen LogP contribution in [0.5, 0.6) is 0 Å². The van der Waals surface area contributed by atoms with Gasteiger partial charge in [0.15, 0.2) is 0 Å². The van der Waals surface area contributed by atoms with Crippen molar-refractivity contribution < 1.29 is 9.21 Å². The van der Waals surface area contributed by atoms with E-state index in [4.69, 9.17) is 4.42 Å². The number of carbonyl (C=O) groups excluding carboxylic acids is 1. The van der Waals surface area contributed by atoms with Gasteiger partial charge in [-0.15, -0.1) is 10.2 Å². The molecule has 1 aromatic heterocycles.